The second-order valence-electron chi connectivity index (χ2n) is 5.83. The molecular weight excluding hydrogens is 288 g/mol. The maximum atomic E-state index is 12.0. The molecule has 2 heterocycles. The summed E-state index contributed by atoms with van der Waals surface area (Å²) in [5, 5.41) is 18.6. The van der Waals surface area contributed by atoms with Gasteiger partial charge in [0.25, 0.3) is 5.91 Å². The van der Waals surface area contributed by atoms with Crippen molar-refractivity contribution in [3.8, 4) is 10.6 Å². The SMILES string of the molecule is CC(C)CC(C)(O)CNC(=O)c1cc(-c2cccs2)on1. The van der Waals surface area contributed by atoms with Crippen molar-refractivity contribution < 1.29 is 14.4 Å². The lowest BCUT2D eigenvalue weighted by Crippen LogP contribution is -2.41. The highest BCUT2D eigenvalue weighted by molar-refractivity contribution is 7.13. The van der Waals surface area contributed by atoms with E-state index in [-0.39, 0.29) is 18.1 Å². The summed E-state index contributed by atoms with van der Waals surface area (Å²) >= 11 is 1.52. The van der Waals surface area contributed by atoms with E-state index in [1.165, 1.54) is 11.3 Å². The number of carbonyl (C=O) groups excluding carboxylic acids is 1. The average molecular weight is 308 g/mol. The fourth-order valence-corrected chi connectivity index (χ4v) is 2.90. The molecule has 0 spiro atoms. The lowest BCUT2D eigenvalue weighted by molar-refractivity contribution is 0.0367. The first-order chi connectivity index (χ1) is 9.87. The quantitative estimate of drug-likeness (QED) is 0.860. The van der Waals surface area contributed by atoms with E-state index in [0.717, 1.165) is 4.88 Å². The molecule has 1 unspecified atom stereocenters. The molecule has 0 fully saturated rings. The molecule has 21 heavy (non-hydrogen) atoms. The van der Waals surface area contributed by atoms with Gasteiger partial charge in [-0.05, 0) is 30.7 Å². The van der Waals surface area contributed by atoms with Gasteiger partial charge in [0.05, 0.1) is 10.5 Å². The molecule has 1 atom stereocenters. The summed E-state index contributed by atoms with van der Waals surface area (Å²) in [7, 11) is 0. The summed E-state index contributed by atoms with van der Waals surface area (Å²) in [6, 6.07) is 5.42. The number of hydrogen-bond donors (Lipinski definition) is 2. The van der Waals surface area contributed by atoms with Crippen molar-refractivity contribution in [2.75, 3.05) is 6.54 Å². The maximum absolute atomic E-state index is 12.0. The lowest BCUT2D eigenvalue weighted by atomic mass is 9.94. The van der Waals surface area contributed by atoms with Gasteiger partial charge in [-0.15, -0.1) is 11.3 Å². The van der Waals surface area contributed by atoms with Crippen LogP contribution in [0.2, 0.25) is 0 Å². The minimum Gasteiger partial charge on any atom is -0.388 e. The van der Waals surface area contributed by atoms with Gasteiger partial charge in [-0.1, -0.05) is 25.1 Å². The average Bonchev–Trinajstić information content (AvgIpc) is 3.04. The van der Waals surface area contributed by atoms with Crippen LogP contribution < -0.4 is 5.32 Å². The predicted molar refractivity (Wildman–Crippen MR) is 82.2 cm³/mol. The molecule has 0 bridgehead atoms. The Labute approximate surface area is 128 Å². The Morgan fingerprint density at radius 3 is 2.95 bits per heavy atom. The number of aliphatic hydroxyl groups is 1. The van der Waals surface area contributed by atoms with Crippen molar-refractivity contribution in [3.05, 3.63) is 29.3 Å². The summed E-state index contributed by atoms with van der Waals surface area (Å²) < 4.78 is 5.16. The lowest BCUT2D eigenvalue weighted by Gasteiger charge is -2.25. The number of carbonyl (C=O) groups is 1. The molecule has 2 rings (SSSR count). The third-order valence-corrected chi connectivity index (χ3v) is 3.87. The Bertz CT molecular complexity index is 588. The van der Waals surface area contributed by atoms with Crippen molar-refractivity contribution in [2.24, 2.45) is 5.92 Å². The van der Waals surface area contributed by atoms with Crippen molar-refractivity contribution in [1.82, 2.24) is 10.5 Å². The smallest absolute Gasteiger partial charge is 0.273 e. The van der Waals surface area contributed by atoms with Crippen LogP contribution in [0.15, 0.2) is 28.1 Å². The van der Waals surface area contributed by atoms with Crippen LogP contribution >= 0.6 is 11.3 Å². The van der Waals surface area contributed by atoms with Crippen molar-refractivity contribution in [2.45, 2.75) is 32.8 Å². The topological polar surface area (TPSA) is 75.4 Å². The van der Waals surface area contributed by atoms with E-state index < -0.39 is 5.60 Å². The fraction of sp³-hybridized carbons (Fsp3) is 0.467. The Morgan fingerprint density at radius 2 is 2.33 bits per heavy atom. The van der Waals surface area contributed by atoms with E-state index >= 15 is 0 Å². The molecule has 0 aliphatic carbocycles. The molecular formula is C15H20N2O3S. The first-order valence-electron chi connectivity index (χ1n) is 6.88. The molecule has 0 radical (unpaired) electrons. The Morgan fingerprint density at radius 1 is 1.57 bits per heavy atom. The maximum Gasteiger partial charge on any atom is 0.273 e. The second-order valence-corrected chi connectivity index (χ2v) is 6.78. The van der Waals surface area contributed by atoms with Gasteiger partial charge >= 0.3 is 0 Å². The molecule has 0 aliphatic heterocycles. The van der Waals surface area contributed by atoms with Crippen LogP contribution in [-0.2, 0) is 0 Å². The van der Waals surface area contributed by atoms with Crippen LogP contribution in [0.25, 0.3) is 10.6 Å². The Kier molecular flexibility index (Phi) is 4.80. The molecule has 0 aliphatic rings. The van der Waals surface area contributed by atoms with Gasteiger partial charge in [-0.25, -0.2) is 0 Å². The largest absolute Gasteiger partial charge is 0.388 e. The summed E-state index contributed by atoms with van der Waals surface area (Å²) in [6.45, 7) is 5.96. The molecule has 2 aromatic heterocycles. The summed E-state index contributed by atoms with van der Waals surface area (Å²) in [4.78, 5) is 12.9. The van der Waals surface area contributed by atoms with Gasteiger partial charge in [0, 0.05) is 12.6 Å². The van der Waals surface area contributed by atoms with E-state index in [1.54, 1.807) is 13.0 Å². The summed E-state index contributed by atoms with van der Waals surface area (Å²) in [5.74, 6) is 0.587. The van der Waals surface area contributed by atoms with Crippen LogP contribution in [0.5, 0.6) is 0 Å². The Balaban J connectivity index is 1.95. The molecule has 0 saturated heterocycles. The minimum atomic E-state index is -0.926. The monoisotopic (exact) mass is 308 g/mol. The number of nitrogens with zero attached hydrogens (tertiary/aromatic N) is 1. The van der Waals surface area contributed by atoms with Crippen molar-refractivity contribution >= 4 is 17.2 Å². The first-order valence-corrected chi connectivity index (χ1v) is 7.76. The number of rotatable bonds is 6. The molecule has 2 N–H and O–H groups in total. The van der Waals surface area contributed by atoms with Crippen LogP contribution in [-0.4, -0.2) is 28.3 Å². The van der Waals surface area contributed by atoms with E-state index in [4.69, 9.17) is 4.52 Å². The molecule has 2 aromatic rings. The molecule has 0 aromatic carbocycles. The number of thiophene rings is 1. The summed E-state index contributed by atoms with van der Waals surface area (Å²) in [6.07, 6.45) is 0.618. The van der Waals surface area contributed by atoms with E-state index in [9.17, 15) is 9.90 Å². The predicted octanol–water partition coefficient (Wildman–Crippen LogP) is 2.93. The third-order valence-electron chi connectivity index (χ3n) is 2.98. The normalized spacial score (nSPS) is 14.1. The third kappa shape index (κ3) is 4.41. The highest BCUT2D eigenvalue weighted by Crippen LogP contribution is 2.25. The van der Waals surface area contributed by atoms with Crippen LogP contribution in [0, 0.1) is 5.92 Å². The molecule has 5 nitrogen and oxygen atoms in total. The van der Waals surface area contributed by atoms with Gasteiger partial charge in [-0.3, -0.25) is 4.79 Å². The van der Waals surface area contributed by atoms with Crippen molar-refractivity contribution in [3.63, 3.8) is 0 Å². The number of nitrogens with one attached hydrogen (secondary N) is 1. The number of hydrogen-bond acceptors (Lipinski definition) is 5. The highest BCUT2D eigenvalue weighted by atomic mass is 32.1. The molecule has 114 valence electrons. The number of aromatic nitrogens is 1. The molecule has 0 saturated carbocycles. The zero-order valence-electron chi connectivity index (χ0n) is 12.4. The van der Waals surface area contributed by atoms with Crippen LogP contribution in [0.1, 0.15) is 37.7 Å². The second kappa shape index (κ2) is 6.41. The fourth-order valence-electron chi connectivity index (χ4n) is 2.23. The first kappa shape index (κ1) is 15.7. The molecule has 6 heteroatoms. The zero-order chi connectivity index (χ0) is 15.5. The zero-order valence-corrected chi connectivity index (χ0v) is 13.2. The molecule has 1 amide bonds. The van der Waals surface area contributed by atoms with Crippen molar-refractivity contribution in [1.29, 1.82) is 0 Å². The van der Waals surface area contributed by atoms with Gasteiger partial charge in [0.15, 0.2) is 11.5 Å². The van der Waals surface area contributed by atoms with Crippen LogP contribution in [0.3, 0.4) is 0 Å². The van der Waals surface area contributed by atoms with Gasteiger partial charge < -0.3 is 14.9 Å². The Hall–Kier alpha value is -1.66. The minimum absolute atomic E-state index is 0.186. The van der Waals surface area contributed by atoms with Gasteiger partial charge in [0.2, 0.25) is 0 Å². The highest BCUT2D eigenvalue weighted by Gasteiger charge is 2.23. The van der Waals surface area contributed by atoms with E-state index in [0.29, 0.717) is 18.1 Å². The van der Waals surface area contributed by atoms with Gasteiger partial charge in [0.1, 0.15) is 0 Å². The van der Waals surface area contributed by atoms with Gasteiger partial charge in [-0.2, -0.15) is 0 Å². The van der Waals surface area contributed by atoms with Crippen LogP contribution in [0.4, 0.5) is 0 Å². The van der Waals surface area contributed by atoms with E-state index in [2.05, 4.69) is 10.5 Å². The number of amides is 1. The summed E-state index contributed by atoms with van der Waals surface area (Å²) in [5.41, 5.74) is -0.705. The standard InChI is InChI=1S/C15H20N2O3S/c1-10(2)8-15(3,19)9-16-14(18)11-7-12(20-17-11)13-5-4-6-21-13/h4-7,10,19H,8-9H2,1-3H3,(H,16,18). The van der Waals surface area contributed by atoms with E-state index in [1.807, 2.05) is 31.4 Å².